The minimum atomic E-state index is 0.812. The minimum Gasteiger partial charge on any atom is -0.0854 e. The fourth-order valence-corrected chi connectivity index (χ4v) is 0.581. The Hall–Kier alpha value is -0.260. The van der Waals surface area contributed by atoms with Gasteiger partial charge in [0, 0.05) is 0 Å². The quantitative estimate of drug-likeness (QED) is 0.508. The van der Waals surface area contributed by atoms with Crippen molar-refractivity contribution >= 4 is 0 Å². The highest BCUT2D eigenvalue weighted by atomic mass is 13.9. The van der Waals surface area contributed by atoms with Crippen molar-refractivity contribution in [3.8, 4) is 0 Å². The first-order chi connectivity index (χ1) is 4.16. The maximum Gasteiger partial charge on any atom is -0.0325 e. The Morgan fingerprint density at radius 1 is 1.44 bits per heavy atom. The Morgan fingerprint density at radius 2 is 2.00 bits per heavy atom. The zero-order valence-corrected chi connectivity index (χ0v) is 7.07. The molecular formula is C9H18. The van der Waals surface area contributed by atoms with Gasteiger partial charge in [0.2, 0.25) is 0 Å². The summed E-state index contributed by atoms with van der Waals surface area (Å²) in [5.74, 6) is 0.812. The monoisotopic (exact) mass is 126 g/mol. The highest BCUT2D eigenvalue weighted by molar-refractivity contribution is 4.96. The van der Waals surface area contributed by atoms with E-state index in [0.717, 1.165) is 5.92 Å². The standard InChI is InChI=1S/C9H18/c1-5-9(4)7-6-8(2)3/h7-8H,5-6H2,1-4H3/b9-7-. The molecule has 0 unspecified atom stereocenters. The number of hydrogen-bond donors (Lipinski definition) is 0. The Bertz CT molecular complexity index is 88.2. The van der Waals surface area contributed by atoms with Crippen molar-refractivity contribution in [3.05, 3.63) is 11.6 Å². The zero-order chi connectivity index (χ0) is 7.28. The van der Waals surface area contributed by atoms with E-state index >= 15 is 0 Å². The molecule has 0 rings (SSSR count). The van der Waals surface area contributed by atoms with Crippen molar-refractivity contribution in [2.75, 3.05) is 0 Å². The first kappa shape index (κ1) is 8.74. The molecule has 0 aromatic heterocycles. The van der Waals surface area contributed by atoms with E-state index in [0.29, 0.717) is 0 Å². The van der Waals surface area contributed by atoms with Crippen LogP contribution in [0.5, 0.6) is 0 Å². The predicted molar refractivity (Wildman–Crippen MR) is 43.5 cm³/mol. The normalized spacial score (nSPS) is 12.8. The molecule has 54 valence electrons. The second-order valence-electron chi connectivity index (χ2n) is 3.03. The van der Waals surface area contributed by atoms with E-state index in [1.165, 1.54) is 18.4 Å². The van der Waals surface area contributed by atoms with E-state index in [9.17, 15) is 0 Å². The van der Waals surface area contributed by atoms with E-state index in [4.69, 9.17) is 0 Å². The Labute approximate surface area is 59.0 Å². The third kappa shape index (κ3) is 5.61. The van der Waals surface area contributed by atoms with Gasteiger partial charge in [-0.3, -0.25) is 0 Å². The molecule has 0 spiro atoms. The highest BCUT2D eigenvalue weighted by Gasteiger charge is 1.88. The average Bonchev–Trinajstić information content (AvgIpc) is 1.83. The molecule has 0 aromatic rings. The van der Waals surface area contributed by atoms with Crippen LogP contribution in [0.15, 0.2) is 11.6 Å². The van der Waals surface area contributed by atoms with E-state index in [1.807, 2.05) is 0 Å². The van der Waals surface area contributed by atoms with Crippen LogP contribution >= 0.6 is 0 Å². The van der Waals surface area contributed by atoms with Crippen LogP contribution in [0.25, 0.3) is 0 Å². The molecule has 0 radical (unpaired) electrons. The van der Waals surface area contributed by atoms with Crippen LogP contribution in [0.1, 0.15) is 40.5 Å². The second kappa shape index (κ2) is 4.60. The van der Waals surface area contributed by atoms with Crippen molar-refractivity contribution < 1.29 is 0 Å². The van der Waals surface area contributed by atoms with Gasteiger partial charge in [-0.15, -0.1) is 0 Å². The fraction of sp³-hybridized carbons (Fsp3) is 0.778. The van der Waals surface area contributed by atoms with Crippen molar-refractivity contribution in [2.24, 2.45) is 5.92 Å². The van der Waals surface area contributed by atoms with Gasteiger partial charge in [-0.25, -0.2) is 0 Å². The van der Waals surface area contributed by atoms with Crippen LogP contribution in [-0.2, 0) is 0 Å². The molecule has 9 heavy (non-hydrogen) atoms. The van der Waals surface area contributed by atoms with Crippen molar-refractivity contribution in [2.45, 2.75) is 40.5 Å². The van der Waals surface area contributed by atoms with Gasteiger partial charge in [-0.1, -0.05) is 32.4 Å². The molecule has 0 amide bonds. The van der Waals surface area contributed by atoms with Gasteiger partial charge in [-0.2, -0.15) is 0 Å². The van der Waals surface area contributed by atoms with Crippen LogP contribution in [0, 0.1) is 5.92 Å². The summed E-state index contributed by atoms with van der Waals surface area (Å²) in [5, 5.41) is 0. The van der Waals surface area contributed by atoms with Crippen molar-refractivity contribution in [1.29, 1.82) is 0 Å². The third-order valence-electron chi connectivity index (χ3n) is 1.50. The molecule has 0 saturated heterocycles. The van der Waals surface area contributed by atoms with Gasteiger partial charge < -0.3 is 0 Å². The molecule has 0 heterocycles. The van der Waals surface area contributed by atoms with Gasteiger partial charge in [0.25, 0.3) is 0 Å². The van der Waals surface area contributed by atoms with Crippen LogP contribution in [0.4, 0.5) is 0 Å². The molecule has 0 aliphatic heterocycles. The van der Waals surface area contributed by atoms with E-state index in [-0.39, 0.29) is 0 Å². The summed E-state index contributed by atoms with van der Waals surface area (Å²) in [6.07, 6.45) is 4.77. The van der Waals surface area contributed by atoms with Gasteiger partial charge in [0.05, 0.1) is 0 Å². The van der Waals surface area contributed by atoms with E-state index < -0.39 is 0 Å². The highest BCUT2D eigenvalue weighted by Crippen LogP contribution is 2.05. The van der Waals surface area contributed by atoms with Crippen molar-refractivity contribution in [1.82, 2.24) is 0 Å². The molecule has 0 N–H and O–H groups in total. The smallest absolute Gasteiger partial charge is 0.0325 e. The summed E-state index contributed by atoms with van der Waals surface area (Å²) in [6.45, 7) is 8.90. The lowest BCUT2D eigenvalue weighted by molar-refractivity contribution is 0.660. The molecular weight excluding hydrogens is 108 g/mol. The third-order valence-corrected chi connectivity index (χ3v) is 1.50. The largest absolute Gasteiger partial charge is 0.0854 e. The van der Waals surface area contributed by atoms with Gasteiger partial charge in [0.15, 0.2) is 0 Å². The lowest BCUT2D eigenvalue weighted by atomic mass is 10.1. The molecule has 0 heteroatoms. The molecule has 0 atom stereocenters. The maximum atomic E-state index is 2.34. The molecule has 0 aliphatic rings. The summed E-state index contributed by atoms with van der Waals surface area (Å²) >= 11 is 0. The molecule has 0 bridgehead atoms. The van der Waals surface area contributed by atoms with Crippen LogP contribution in [0.3, 0.4) is 0 Å². The summed E-state index contributed by atoms with van der Waals surface area (Å²) in [4.78, 5) is 0. The Kier molecular flexibility index (Phi) is 4.47. The first-order valence-corrected chi connectivity index (χ1v) is 3.82. The SMILES string of the molecule is CC/C(C)=C\CC(C)C. The zero-order valence-electron chi connectivity index (χ0n) is 7.07. The number of hydrogen-bond acceptors (Lipinski definition) is 0. The predicted octanol–water partition coefficient (Wildman–Crippen LogP) is 3.39. The number of allylic oxidation sites excluding steroid dienone is 2. The Morgan fingerprint density at radius 3 is 2.33 bits per heavy atom. The van der Waals surface area contributed by atoms with Gasteiger partial charge in [-0.05, 0) is 25.7 Å². The molecule has 0 aliphatic carbocycles. The Balaban J connectivity index is 3.43. The minimum absolute atomic E-state index is 0.812. The molecule has 0 fully saturated rings. The molecule has 0 nitrogen and oxygen atoms in total. The van der Waals surface area contributed by atoms with Gasteiger partial charge in [0.1, 0.15) is 0 Å². The van der Waals surface area contributed by atoms with Gasteiger partial charge >= 0.3 is 0 Å². The summed E-state index contributed by atoms with van der Waals surface area (Å²) < 4.78 is 0. The summed E-state index contributed by atoms with van der Waals surface area (Å²) in [5.41, 5.74) is 1.52. The van der Waals surface area contributed by atoms with E-state index in [2.05, 4.69) is 33.8 Å². The topological polar surface area (TPSA) is 0 Å². The summed E-state index contributed by atoms with van der Waals surface area (Å²) in [6, 6.07) is 0. The van der Waals surface area contributed by atoms with Crippen LogP contribution in [0.2, 0.25) is 0 Å². The maximum absolute atomic E-state index is 2.34. The lowest BCUT2D eigenvalue weighted by Crippen LogP contribution is -1.83. The number of rotatable bonds is 3. The average molecular weight is 126 g/mol. The molecule has 0 saturated carbocycles. The fourth-order valence-electron chi connectivity index (χ4n) is 0.581. The van der Waals surface area contributed by atoms with Crippen LogP contribution < -0.4 is 0 Å². The first-order valence-electron chi connectivity index (χ1n) is 3.82. The second-order valence-corrected chi connectivity index (χ2v) is 3.03. The lowest BCUT2D eigenvalue weighted by Gasteiger charge is -1.99. The van der Waals surface area contributed by atoms with E-state index in [1.54, 1.807) is 0 Å². The molecule has 0 aromatic carbocycles. The van der Waals surface area contributed by atoms with Crippen LogP contribution in [-0.4, -0.2) is 0 Å². The summed E-state index contributed by atoms with van der Waals surface area (Å²) in [7, 11) is 0. The van der Waals surface area contributed by atoms with Crippen molar-refractivity contribution in [3.63, 3.8) is 0 Å².